The minimum atomic E-state index is -0.165. The lowest BCUT2D eigenvalue weighted by molar-refractivity contribution is 0.0953. The maximum Gasteiger partial charge on any atom is 0.251 e. The maximum absolute atomic E-state index is 12.4. The van der Waals surface area contributed by atoms with E-state index in [0.29, 0.717) is 53.4 Å². The molecule has 2 aromatic carbocycles. The van der Waals surface area contributed by atoms with Crippen LogP contribution in [0.25, 0.3) is 11.1 Å². The van der Waals surface area contributed by atoms with E-state index in [0.717, 1.165) is 11.3 Å². The van der Waals surface area contributed by atoms with Crippen molar-refractivity contribution in [3.8, 4) is 11.5 Å². The van der Waals surface area contributed by atoms with Crippen molar-refractivity contribution in [1.29, 1.82) is 0 Å². The van der Waals surface area contributed by atoms with Gasteiger partial charge in [-0.15, -0.1) is 0 Å². The van der Waals surface area contributed by atoms with Gasteiger partial charge in [0.1, 0.15) is 11.3 Å². The van der Waals surface area contributed by atoms with Gasteiger partial charge < -0.3 is 23.6 Å². The number of nitrogens with one attached hydrogen (secondary N) is 1. The molecule has 4 rings (SSSR count). The highest BCUT2D eigenvalue weighted by Gasteiger charge is 2.12. The van der Waals surface area contributed by atoms with Crippen molar-refractivity contribution in [3.05, 3.63) is 77.6 Å². The first kappa shape index (κ1) is 19.6. The predicted molar refractivity (Wildman–Crippen MR) is 111 cm³/mol. The fraction of sp³-hybridized carbons (Fsp3) is 0.217. The molecule has 0 radical (unpaired) electrons. The Bertz CT molecular complexity index is 1150. The van der Waals surface area contributed by atoms with Crippen LogP contribution in [0.1, 0.15) is 27.6 Å². The molecule has 1 amide bonds. The predicted octanol–water partition coefficient (Wildman–Crippen LogP) is 4.00. The largest absolute Gasteiger partial charge is 0.493 e. The highest BCUT2D eigenvalue weighted by atomic mass is 16.5. The molecule has 0 saturated heterocycles. The zero-order valence-corrected chi connectivity index (χ0v) is 16.8. The van der Waals surface area contributed by atoms with Gasteiger partial charge in [-0.25, -0.2) is 4.98 Å². The second-order valence-electron chi connectivity index (χ2n) is 6.74. The number of furan rings is 1. The average Bonchev–Trinajstić information content (AvgIpc) is 3.42. The molecular weight excluding hydrogens is 384 g/mol. The number of rotatable bonds is 8. The average molecular weight is 406 g/mol. The second-order valence-corrected chi connectivity index (χ2v) is 6.74. The molecule has 0 bridgehead atoms. The Morgan fingerprint density at radius 2 is 1.93 bits per heavy atom. The van der Waals surface area contributed by atoms with Gasteiger partial charge in [-0.05, 0) is 48.0 Å². The van der Waals surface area contributed by atoms with Crippen molar-refractivity contribution in [1.82, 2.24) is 10.3 Å². The highest BCUT2D eigenvalue weighted by Crippen LogP contribution is 2.29. The quantitative estimate of drug-likeness (QED) is 0.476. The summed E-state index contributed by atoms with van der Waals surface area (Å²) in [4.78, 5) is 16.9. The molecule has 0 aliphatic carbocycles. The molecule has 0 fully saturated rings. The van der Waals surface area contributed by atoms with Crippen molar-refractivity contribution in [2.45, 2.75) is 12.8 Å². The van der Waals surface area contributed by atoms with Crippen LogP contribution in [0.15, 0.2) is 63.6 Å². The molecule has 0 aliphatic rings. The lowest BCUT2D eigenvalue weighted by Crippen LogP contribution is -2.25. The lowest BCUT2D eigenvalue weighted by Gasteiger charge is -2.08. The molecule has 0 saturated carbocycles. The number of aromatic nitrogens is 1. The van der Waals surface area contributed by atoms with E-state index < -0.39 is 0 Å². The molecule has 7 heteroatoms. The number of carbonyl (C=O) groups excluding carboxylic acids is 1. The van der Waals surface area contributed by atoms with Crippen LogP contribution in [-0.2, 0) is 12.8 Å². The number of hydrogen-bond donors (Lipinski definition) is 1. The number of benzene rings is 2. The van der Waals surface area contributed by atoms with E-state index in [1.54, 1.807) is 38.7 Å². The third-order valence-electron chi connectivity index (χ3n) is 4.74. The van der Waals surface area contributed by atoms with Crippen LogP contribution < -0.4 is 14.8 Å². The van der Waals surface area contributed by atoms with E-state index in [-0.39, 0.29) is 5.91 Å². The fourth-order valence-electron chi connectivity index (χ4n) is 3.21. The van der Waals surface area contributed by atoms with Gasteiger partial charge >= 0.3 is 0 Å². The number of methoxy groups -OCH3 is 2. The first-order chi connectivity index (χ1) is 14.7. The Morgan fingerprint density at radius 1 is 1.07 bits per heavy atom. The monoisotopic (exact) mass is 406 g/mol. The van der Waals surface area contributed by atoms with Gasteiger partial charge in [-0.3, -0.25) is 4.79 Å². The van der Waals surface area contributed by atoms with Crippen molar-refractivity contribution in [2.75, 3.05) is 20.8 Å². The Kier molecular flexibility index (Phi) is 5.70. The zero-order chi connectivity index (χ0) is 20.9. The second kappa shape index (κ2) is 8.73. The molecule has 4 aromatic rings. The summed E-state index contributed by atoms with van der Waals surface area (Å²) >= 11 is 0. The third-order valence-corrected chi connectivity index (χ3v) is 4.74. The maximum atomic E-state index is 12.4. The molecule has 2 aromatic heterocycles. The Hall–Kier alpha value is -3.74. The van der Waals surface area contributed by atoms with E-state index in [1.807, 2.05) is 30.3 Å². The molecule has 0 unspecified atom stereocenters. The SMILES string of the molecule is COc1ccc(Cc2nc3ccc(C(=O)NCCc4ccco4)cc3o2)cc1OC. The van der Waals surface area contributed by atoms with Crippen LogP contribution in [-0.4, -0.2) is 31.7 Å². The summed E-state index contributed by atoms with van der Waals surface area (Å²) in [5.41, 5.74) is 2.78. The smallest absolute Gasteiger partial charge is 0.251 e. The van der Waals surface area contributed by atoms with E-state index >= 15 is 0 Å². The van der Waals surface area contributed by atoms with Gasteiger partial charge in [-0.1, -0.05) is 6.07 Å². The molecular formula is C23H22N2O5. The lowest BCUT2D eigenvalue weighted by atomic mass is 10.1. The minimum absolute atomic E-state index is 0.165. The van der Waals surface area contributed by atoms with Crippen LogP contribution >= 0.6 is 0 Å². The van der Waals surface area contributed by atoms with Crippen molar-refractivity contribution < 1.29 is 23.1 Å². The minimum Gasteiger partial charge on any atom is -0.493 e. The van der Waals surface area contributed by atoms with E-state index in [1.165, 1.54) is 0 Å². The summed E-state index contributed by atoms with van der Waals surface area (Å²) in [5.74, 6) is 2.55. The van der Waals surface area contributed by atoms with Gasteiger partial charge in [0.05, 0.1) is 20.5 Å². The third kappa shape index (κ3) is 4.30. The summed E-state index contributed by atoms with van der Waals surface area (Å²) in [6, 6.07) is 14.6. The summed E-state index contributed by atoms with van der Waals surface area (Å²) in [6.45, 7) is 0.491. The first-order valence-electron chi connectivity index (χ1n) is 9.57. The Balaban J connectivity index is 1.45. The molecule has 0 spiro atoms. The van der Waals surface area contributed by atoms with Crippen LogP contribution in [0.3, 0.4) is 0 Å². The van der Waals surface area contributed by atoms with Crippen LogP contribution in [0, 0.1) is 0 Å². The molecule has 2 heterocycles. The van der Waals surface area contributed by atoms with Crippen molar-refractivity contribution in [3.63, 3.8) is 0 Å². The van der Waals surface area contributed by atoms with Crippen LogP contribution in [0.4, 0.5) is 0 Å². The molecule has 0 aliphatic heterocycles. The normalized spacial score (nSPS) is 10.9. The van der Waals surface area contributed by atoms with E-state index in [9.17, 15) is 4.79 Å². The van der Waals surface area contributed by atoms with Gasteiger partial charge in [-0.2, -0.15) is 0 Å². The van der Waals surface area contributed by atoms with Gasteiger partial charge in [0, 0.05) is 24.9 Å². The van der Waals surface area contributed by atoms with Gasteiger partial charge in [0.2, 0.25) is 0 Å². The molecule has 30 heavy (non-hydrogen) atoms. The summed E-state index contributed by atoms with van der Waals surface area (Å²) < 4.78 is 21.8. The number of fused-ring (bicyclic) bond motifs is 1. The van der Waals surface area contributed by atoms with Crippen molar-refractivity contribution in [2.24, 2.45) is 0 Å². The van der Waals surface area contributed by atoms with Gasteiger partial charge in [0.15, 0.2) is 23.0 Å². The highest BCUT2D eigenvalue weighted by molar-refractivity contribution is 5.97. The van der Waals surface area contributed by atoms with E-state index in [2.05, 4.69) is 10.3 Å². The topological polar surface area (TPSA) is 86.7 Å². The van der Waals surface area contributed by atoms with Crippen LogP contribution in [0.2, 0.25) is 0 Å². The van der Waals surface area contributed by atoms with Gasteiger partial charge in [0.25, 0.3) is 5.91 Å². The number of nitrogens with zero attached hydrogens (tertiary/aromatic N) is 1. The summed E-state index contributed by atoms with van der Waals surface area (Å²) in [5, 5.41) is 2.89. The zero-order valence-electron chi connectivity index (χ0n) is 16.8. The summed E-state index contributed by atoms with van der Waals surface area (Å²) in [6.07, 6.45) is 2.76. The molecule has 7 nitrogen and oxygen atoms in total. The Labute approximate surface area is 173 Å². The first-order valence-corrected chi connectivity index (χ1v) is 9.57. The van der Waals surface area contributed by atoms with Crippen molar-refractivity contribution >= 4 is 17.0 Å². The number of ether oxygens (including phenoxy) is 2. The fourth-order valence-corrected chi connectivity index (χ4v) is 3.21. The standard InChI is InChI=1S/C23H22N2O5/c1-27-19-8-5-15(12-21(19)28-2)13-22-25-18-7-6-16(14-20(18)30-22)23(26)24-10-9-17-4-3-11-29-17/h3-8,11-12,14H,9-10,13H2,1-2H3,(H,24,26). The van der Waals surface area contributed by atoms with E-state index in [4.69, 9.17) is 18.3 Å². The Morgan fingerprint density at radius 3 is 2.70 bits per heavy atom. The number of amides is 1. The number of hydrogen-bond acceptors (Lipinski definition) is 6. The molecule has 154 valence electrons. The molecule has 1 N–H and O–H groups in total. The molecule has 0 atom stereocenters. The number of carbonyl (C=O) groups is 1. The summed E-state index contributed by atoms with van der Waals surface area (Å²) in [7, 11) is 3.20. The van der Waals surface area contributed by atoms with Crippen LogP contribution in [0.5, 0.6) is 11.5 Å². The number of oxazole rings is 1.